The third kappa shape index (κ3) is 3.97. The molecule has 4 nitrogen and oxygen atoms in total. The Morgan fingerprint density at radius 3 is 2.10 bits per heavy atom. The van der Waals surface area contributed by atoms with Gasteiger partial charge in [-0.05, 0) is 24.3 Å². The Kier molecular flexibility index (Phi) is 5.20. The van der Waals surface area contributed by atoms with Gasteiger partial charge in [-0.15, -0.1) is 11.6 Å². The number of hydrogen-bond donors (Lipinski definition) is 2. The Labute approximate surface area is 132 Å². The quantitative estimate of drug-likeness (QED) is 0.842. The van der Waals surface area contributed by atoms with Crippen molar-refractivity contribution in [3.05, 3.63) is 59.1 Å². The zero-order valence-electron chi connectivity index (χ0n) is 10.9. The third-order valence-electron chi connectivity index (χ3n) is 2.69. The summed E-state index contributed by atoms with van der Waals surface area (Å²) in [5, 5.41) is 5.69. The van der Waals surface area contributed by atoms with E-state index < -0.39 is 0 Å². The van der Waals surface area contributed by atoms with E-state index in [0.29, 0.717) is 22.0 Å². The zero-order chi connectivity index (χ0) is 15.2. The predicted molar refractivity (Wildman–Crippen MR) is 85.2 cm³/mol. The second-order valence-electron chi connectivity index (χ2n) is 4.16. The molecule has 0 fully saturated rings. The highest BCUT2D eigenvalue weighted by atomic mass is 35.5. The smallest absolute Gasteiger partial charge is 0.257 e. The molecular weight excluding hydrogens is 311 g/mol. The van der Waals surface area contributed by atoms with Crippen LogP contribution in [0.1, 0.15) is 10.4 Å². The van der Waals surface area contributed by atoms with E-state index >= 15 is 0 Å². The van der Waals surface area contributed by atoms with Gasteiger partial charge in [-0.1, -0.05) is 35.9 Å². The summed E-state index contributed by atoms with van der Waals surface area (Å²) in [5.74, 6) is -0.864. The Morgan fingerprint density at radius 1 is 0.905 bits per heavy atom. The molecule has 0 aliphatic rings. The summed E-state index contributed by atoms with van der Waals surface area (Å²) in [5.41, 5.74) is 1.31. The van der Waals surface area contributed by atoms with Crippen LogP contribution in [0.15, 0.2) is 48.5 Å². The molecule has 0 aromatic heterocycles. The van der Waals surface area contributed by atoms with Gasteiger partial charge in [-0.2, -0.15) is 0 Å². The van der Waals surface area contributed by atoms with E-state index in [9.17, 15) is 9.59 Å². The first-order valence-electron chi connectivity index (χ1n) is 6.12. The molecule has 0 bridgehead atoms. The van der Waals surface area contributed by atoms with Gasteiger partial charge in [0, 0.05) is 0 Å². The molecule has 0 saturated heterocycles. The average molecular weight is 323 g/mol. The van der Waals surface area contributed by atoms with Crippen LogP contribution < -0.4 is 10.6 Å². The highest BCUT2D eigenvalue weighted by Gasteiger charge is 2.12. The third-order valence-corrected chi connectivity index (χ3v) is 3.26. The van der Waals surface area contributed by atoms with Gasteiger partial charge in [0.1, 0.15) is 5.88 Å². The van der Waals surface area contributed by atoms with Crippen molar-refractivity contribution in [2.45, 2.75) is 0 Å². The molecule has 2 aromatic carbocycles. The van der Waals surface area contributed by atoms with Crippen molar-refractivity contribution < 1.29 is 9.59 Å². The van der Waals surface area contributed by atoms with Crippen molar-refractivity contribution >= 4 is 46.4 Å². The van der Waals surface area contributed by atoms with Crippen LogP contribution in [0.2, 0.25) is 5.02 Å². The topological polar surface area (TPSA) is 58.2 Å². The lowest BCUT2D eigenvalue weighted by Gasteiger charge is -2.12. The Bertz CT molecular complexity index is 674. The second-order valence-corrected chi connectivity index (χ2v) is 4.84. The summed E-state index contributed by atoms with van der Waals surface area (Å²) < 4.78 is 0. The van der Waals surface area contributed by atoms with Crippen molar-refractivity contribution in [3.63, 3.8) is 0 Å². The van der Waals surface area contributed by atoms with Crippen LogP contribution in [-0.4, -0.2) is 17.7 Å². The van der Waals surface area contributed by atoms with Crippen LogP contribution in [0.25, 0.3) is 0 Å². The maximum absolute atomic E-state index is 12.2. The lowest BCUT2D eigenvalue weighted by atomic mass is 10.2. The number of carbonyl (C=O) groups is 2. The average Bonchev–Trinajstić information content (AvgIpc) is 2.49. The molecule has 2 N–H and O–H groups in total. The summed E-state index contributed by atoms with van der Waals surface area (Å²) in [6.45, 7) is 0. The number of carbonyl (C=O) groups excluding carboxylic acids is 2. The van der Waals surface area contributed by atoms with Crippen LogP contribution in [0.4, 0.5) is 11.4 Å². The number of nitrogens with one attached hydrogen (secondary N) is 2. The van der Waals surface area contributed by atoms with Crippen LogP contribution in [-0.2, 0) is 4.79 Å². The normalized spacial score (nSPS) is 10.0. The predicted octanol–water partition coefficient (Wildman–Crippen LogP) is 3.77. The molecule has 0 radical (unpaired) electrons. The molecule has 0 spiro atoms. The van der Waals surface area contributed by atoms with Gasteiger partial charge in [0.2, 0.25) is 5.91 Å². The standard InChI is InChI=1S/C15H12Cl2N2O2/c16-9-14(20)18-12-7-3-4-8-13(12)19-15(21)10-5-1-2-6-11(10)17/h1-8H,9H2,(H,18,20)(H,19,21). The van der Waals surface area contributed by atoms with E-state index in [1.807, 2.05) is 0 Å². The Morgan fingerprint density at radius 2 is 1.48 bits per heavy atom. The summed E-state index contributed by atoms with van der Waals surface area (Å²) in [6.07, 6.45) is 0. The zero-order valence-corrected chi connectivity index (χ0v) is 12.4. The summed E-state index contributed by atoms with van der Waals surface area (Å²) in [6, 6.07) is 13.6. The molecule has 6 heteroatoms. The number of anilines is 2. The molecule has 2 rings (SSSR count). The van der Waals surface area contributed by atoms with Crippen LogP contribution in [0.5, 0.6) is 0 Å². The first-order valence-corrected chi connectivity index (χ1v) is 7.04. The van der Waals surface area contributed by atoms with Crippen LogP contribution >= 0.6 is 23.2 Å². The van der Waals surface area contributed by atoms with Gasteiger partial charge in [0.15, 0.2) is 0 Å². The van der Waals surface area contributed by atoms with E-state index in [0.717, 1.165) is 0 Å². The largest absolute Gasteiger partial charge is 0.323 e. The van der Waals surface area contributed by atoms with Crippen LogP contribution in [0, 0.1) is 0 Å². The summed E-state index contributed by atoms with van der Waals surface area (Å²) in [7, 11) is 0. The number of amides is 2. The lowest BCUT2D eigenvalue weighted by Crippen LogP contribution is -2.17. The Hall–Kier alpha value is -2.04. The molecule has 0 atom stereocenters. The first-order chi connectivity index (χ1) is 10.1. The van der Waals surface area contributed by atoms with Gasteiger partial charge in [-0.25, -0.2) is 0 Å². The molecule has 2 aromatic rings. The fourth-order valence-electron chi connectivity index (χ4n) is 1.72. The van der Waals surface area contributed by atoms with Gasteiger partial charge >= 0.3 is 0 Å². The van der Waals surface area contributed by atoms with Crippen molar-refractivity contribution in [1.82, 2.24) is 0 Å². The van der Waals surface area contributed by atoms with Crippen molar-refractivity contribution in [1.29, 1.82) is 0 Å². The summed E-state index contributed by atoms with van der Waals surface area (Å²) in [4.78, 5) is 23.6. The van der Waals surface area contributed by atoms with Crippen molar-refractivity contribution in [2.24, 2.45) is 0 Å². The van der Waals surface area contributed by atoms with Gasteiger partial charge in [-0.3, -0.25) is 9.59 Å². The van der Waals surface area contributed by atoms with Crippen LogP contribution in [0.3, 0.4) is 0 Å². The van der Waals surface area contributed by atoms with Crippen molar-refractivity contribution in [2.75, 3.05) is 16.5 Å². The van der Waals surface area contributed by atoms with E-state index in [4.69, 9.17) is 23.2 Å². The van der Waals surface area contributed by atoms with E-state index in [2.05, 4.69) is 10.6 Å². The van der Waals surface area contributed by atoms with Crippen molar-refractivity contribution in [3.8, 4) is 0 Å². The lowest BCUT2D eigenvalue weighted by molar-refractivity contribution is -0.113. The molecule has 2 amide bonds. The maximum atomic E-state index is 12.2. The minimum Gasteiger partial charge on any atom is -0.323 e. The highest BCUT2D eigenvalue weighted by Crippen LogP contribution is 2.23. The maximum Gasteiger partial charge on any atom is 0.257 e. The Balaban J connectivity index is 2.22. The number of halogens is 2. The number of para-hydroxylation sites is 2. The molecule has 0 aliphatic carbocycles. The molecule has 0 saturated carbocycles. The monoisotopic (exact) mass is 322 g/mol. The summed E-state index contributed by atoms with van der Waals surface area (Å²) >= 11 is 11.4. The molecule has 21 heavy (non-hydrogen) atoms. The minimum absolute atomic E-state index is 0.160. The number of benzene rings is 2. The molecule has 0 unspecified atom stereocenters. The van der Waals surface area contributed by atoms with E-state index in [1.54, 1.807) is 48.5 Å². The van der Waals surface area contributed by atoms with Gasteiger partial charge in [0.25, 0.3) is 5.91 Å². The van der Waals surface area contributed by atoms with E-state index in [1.165, 1.54) is 0 Å². The van der Waals surface area contributed by atoms with Gasteiger partial charge < -0.3 is 10.6 Å². The van der Waals surface area contributed by atoms with Gasteiger partial charge in [0.05, 0.1) is 22.0 Å². The number of alkyl halides is 1. The molecule has 0 aliphatic heterocycles. The second kappa shape index (κ2) is 7.11. The molecular formula is C15H12Cl2N2O2. The minimum atomic E-state index is -0.354. The SMILES string of the molecule is O=C(CCl)Nc1ccccc1NC(=O)c1ccccc1Cl. The number of hydrogen-bond acceptors (Lipinski definition) is 2. The first kappa shape index (κ1) is 15.4. The fraction of sp³-hybridized carbons (Fsp3) is 0.0667. The molecule has 0 heterocycles. The fourth-order valence-corrected chi connectivity index (χ4v) is 2.01. The van der Waals surface area contributed by atoms with E-state index in [-0.39, 0.29) is 17.7 Å². The number of rotatable bonds is 4. The molecule has 108 valence electrons. The highest BCUT2D eigenvalue weighted by molar-refractivity contribution is 6.34.